The lowest BCUT2D eigenvalue weighted by atomic mass is 10.1. The van der Waals surface area contributed by atoms with Crippen LogP contribution in [0.25, 0.3) is 6.08 Å². The molecule has 0 spiro atoms. The molecule has 29 heavy (non-hydrogen) atoms. The zero-order chi connectivity index (χ0) is 21.0. The van der Waals surface area contributed by atoms with Crippen molar-refractivity contribution in [1.82, 2.24) is 10.2 Å². The van der Waals surface area contributed by atoms with Crippen LogP contribution in [-0.4, -0.2) is 33.4 Å². The highest BCUT2D eigenvalue weighted by Crippen LogP contribution is 2.32. The molecule has 0 unspecified atom stereocenters. The quantitative estimate of drug-likeness (QED) is 0.444. The van der Waals surface area contributed by atoms with E-state index in [2.05, 4.69) is 5.32 Å². The van der Waals surface area contributed by atoms with Crippen LogP contribution in [0.15, 0.2) is 53.4 Å². The molecule has 0 aliphatic carbocycles. The number of benzene rings is 2. The van der Waals surface area contributed by atoms with Crippen LogP contribution >= 0.6 is 11.8 Å². The second-order valence-electron chi connectivity index (χ2n) is 6.38. The molecule has 1 aliphatic rings. The first-order valence-corrected chi connectivity index (χ1v) is 9.47. The van der Waals surface area contributed by atoms with Crippen LogP contribution in [0.5, 0.6) is 0 Å². The molecular weight excluding hydrogens is 394 g/mol. The predicted octanol–water partition coefficient (Wildman–Crippen LogP) is 3.26. The van der Waals surface area contributed by atoms with Crippen LogP contribution in [0.1, 0.15) is 16.7 Å². The van der Waals surface area contributed by atoms with Gasteiger partial charge < -0.3 is 5.32 Å². The summed E-state index contributed by atoms with van der Waals surface area (Å²) in [6, 6.07) is 13.4. The van der Waals surface area contributed by atoms with Gasteiger partial charge in [0.15, 0.2) is 0 Å². The molecule has 3 rings (SSSR count). The third-order valence-electron chi connectivity index (χ3n) is 4.16. The van der Waals surface area contributed by atoms with Crippen molar-refractivity contribution in [2.24, 2.45) is 0 Å². The molecule has 148 valence electrons. The molecule has 0 radical (unpaired) electrons. The maximum Gasteiger partial charge on any atom is 0.294 e. The molecule has 1 N–H and O–H groups in total. The Morgan fingerprint density at radius 1 is 1.21 bits per heavy atom. The zero-order valence-corrected chi connectivity index (χ0v) is 16.3. The van der Waals surface area contributed by atoms with Gasteiger partial charge in [0.25, 0.3) is 16.8 Å². The maximum absolute atomic E-state index is 12.5. The van der Waals surface area contributed by atoms with E-state index in [0.717, 1.165) is 16.0 Å². The van der Waals surface area contributed by atoms with Crippen molar-refractivity contribution in [2.45, 2.75) is 13.5 Å². The van der Waals surface area contributed by atoms with Gasteiger partial charge in [-0.3, -0.25) is 29.4 Å². The second kappa shape index (κ2) is 8.70. The van der Waals surface area contributed by atoms with Gasteiger partial charge in [0.2, 0.25) is 5.91 Å². The third-order valence-corrected chi connectivity index (χ3v) is 5.07. The van der Waals surface area contributed by atoms with E-state index in [1.165, 1.54) is 24.3 Å². The van der Waals surface area contributed by atoms with E-state index < -0.39 is 22.0 Å². The van der Waals surface area contributed by atoms with E-state index in [1.807, 2.05) is 31.2 Å². The number of thioether (sulfide) groups is 1. The molecule has 1 heterocycles. The van der Waals surface area contributed by atoms with Gasteiger partial charge in [-0.25, -0.2) is 0 Å². The summed E-state index contributed by atoms with van der Waals surface area (Å²) in [6.07, 6.45) is 1.40. The number of rotatable bonds is 6. The van der Waals surface area contributed by atoms with Crippen molar-refractivity contribution in [3.63, 3.8) is 0 Å². The van der Waals surface area contributed by atoms with Crippen molar-refractivity contribution in [3.8, 4) is 0 Å². The minimum absolute atomic E-state index is 0.113. The molecule has 0 aromatic heterocycles. The van der Waals surface area contributed by atoms with Gasteiger partial charge >= 0.3 is 0 Å². The molecule has 0 atom stereocenters. The standard InChI is InChI=1S/C20H17N3O5S/c1-13-5-7-14(8-6-13)11-21-18(24)12-22-19(25)17(29-20(22)26)10-15-3-2-4-16(9-15)23(27)28/h2-10H,11-12H2,1H3,(H,21,24)/b17-10-. The molecule has 0 bridgehead atoms. The zero-order valence-electron chi connectivity index (χ0n) is 15.5. The van der Waals surface area contributed by atoms with Crippen LogP contribution in [0.4, 0.5) is 10.5 Å². The van der Waals surface area contributed by atoms with Crippen LogP contribution in [0.2, 0.25) is 0 Å². The van der Waals surface area contributed by atoms with E-state index >= 15 is 0 Å². The Bertz CT molecular complexity index is 1020. The van der Waals surface area contributed by atoms with Gasteiger partial charge in [0.05, 0.1) is 9.83 Å². The summed E-state index contributed by atoms with van der Waals surface area (Å²) in [4.78, 5) is 48.1. The molecule has 2 aromatic carbocycles. The van der Waals surface area contributed by atoms with Gasteiger partial charge in [-0.1, -0.05) is 42.0 Å². The van der Waals surface area contributed by atoms with E-state index in [0.29, 0.717) is 23.9 Å². The molecule has 1 aliphatic heterocycles. The molecule has 3 amide bonds. The Morgan fingerprint density at radius 2 is 1.93 bits per heavy atom. The smallest absolute Gasteiger partial charge is 0.294 e. The van der Waals surface area contributed by atoms with Gasteiger partial charge in [0.1, 0.15) is 6.54 Å². The van der Waals surface area contributed by atoms with Gasteiger partial charge in [-0.2, -0.15) is 0 Å². The normalized spacial score (nSPS) is 15.1. The second-order valence-corrected chi connectivity index (χ2v) is 7.38. The van der Waals surface area contributed by atoms with Crippen molar-refractivity contribution >= 4 is 40.6 Å². The highest BCUT2D eigenvalue weighted by Gasteiger charge is 2.36. The van der Waals surface area contributed by atoms with Crippen LogP contribution in [0.3, 0.4) is 0 Å². The lowest BCUT2D eigenvalue weighted by Gasteiger charge is -2.12. The lowest BCUT2D eigenvalue weighted by molar-refractivity contribution is -0.384. The number of imide groups is 1. The maximum atomic E-state index is 12.5. The summed E-state index contributed by atoms with van der Waals surface area (Å²) in [5.41, 5.74) is 2.32. The fourth-order valence-corrected chi connectivity index (χ4v) is 3.46. The van der Waals surface area contributed by atoms with Crippen LogP contribution in [-0.2, 0) is 16.1 Å². The number of nitro benzene ring substituents is 1. The molecule has 8 nitrogen and oxygen atoms in total. The molecule has 1 fully saturated rings. The summed E-state index contributed by atoms with van der Waals surface area (Å²) in [6.45, 7) is 1.87. The van der Waals surface area contributed by atoms with Gasteiger partial charge in [-0.05, 0) is 35.9 Å². The average Bonchev–Trinajstić information content (AvgIpc) is 2.95. The van der Waals surface area contributed by atoms with Crippen molar-refractivity contribution in [3.05, 3.63) is 80.2 Å². The van der Waals surface area contributed by atoms with Crippen molar-refractivity contribution < 1.29 is 19.3 Å². The number of nitro groups is 1. The van der Waals surface area contributed by atoms with E-state index in [4.69, 9.17) is 0 Å². The van der Waals surface area contributed by atoms with E-state index in [-0.39, 0.29) is 17.1 Å². The topological polar surface area (TPSA) is 110 Å². The number of non-ortho nitro benzene ring substituents is 1. The molecule has 1 saturated heterocycles. The fourth-order valence-electron chi connectivity index (χ4n) is 2.62. The summed E-state index contributed by atoms with van der Waals surface area (Å²) < 4.78 is 0. The Morgan fingerprint density at radius 3 is 2.62 bits per heavy atom. The Hall–Kier alpha value is -3.46. The minimum atomic E-state index is -0.600. The average molecular weight is 411 g/mol. The Kier molecular flexibility index (Phi) is 6.08. The SMILES string of the molecule is Cc1ccc(CNC(=O)CN2C(=O)S/C(=C\c3cccc([N+](=O)[O-])c3)C2=O)cc1. The monoisotopic (exact) mass is 411 g/mol. The molecule has 9 heteroatoms. The van der Waals surface area contributed by atoms with Gasteiger partial charge in [0, 0.05) is 18.7 Å². The summed E-state index contributed by atoms with van der Waals surface area (Å²) in [5.74, 6) is -1.05. The number of nitrogens with one attached hydrogen (secondary N) is 1. The summed E-state index contributed by atoms with van der Waals surface area (Å²) >= 11 is 0.698. The number of hydrogen-bond donors (Lipinski definition) is 1. The summed E-state index contributed by atoms with van der Waals surface area (Å²) in [5, 5.41) is 13.0. The predicted molar refractivity (Wildman–Crippen MR) is 109 cm³/mol. The minimum Gasteiger partial charge on any atom is -0.350 e. The number of hydrogen-bond acceptors (Lipinski definition) is 6. The Balaban J connectivity index is 1.64. The van der Waals surface area contributed by atoms with Gasteiger partial charge in [-0.15, -0.1) is 0 Å². The van der Waals surface area contributed by atoms with Crippen molar-refractivity contribution in [2.75, 3.05) is 6.54 Å². The summed E-state index contributed by atoms with van der Waals surface area (Å²) in [7, 11) is 0. The van der Waals surface area contributed by atoms with E-state index in [1.54, 1.807) is 6.07 Å². The van der Waals surface area contributed by atoms with E-state index in [9.17, 15) is 24.5 Å². The largest absolute Gasteiger partial charge is 0.350 e. The van der Waals surface area contributed by atoms with Crippen LogP contribution < -0.4 is 5.32 Å². The molecular formula is C20H17N3O5S. The Labute approximate surface area is 170 Å². The number of carbonyl (C=O) groups is 3. The highest BCUT2D eigenvalue weighted by atomic mass is 32.2. The van der Waals surface area contributed by atoms with Crippen LogP contribution in [0, 0.1) is 17.0 Å². The lowest BCUT2D eigenvalue weighted by Crippen LogP contribution is -2.39. The highest BCUT2D eigenvalue weighted by molar-refractivity contribution is 8.18. The first-order chi connectivity index (χ1) is 13.8. The first-order valence-electron chi connectivity index (χ1n) is 8.65. The fraction of sp³-hybridized carbons (Fsp3) is 0.150. The first kappa shape index (κ1) is 20.3. The number of amides is 3. The number of carbonyl (C=O) groups excluding carboxylic acids is 3. The molecule has 0 saturated carbocycles. The van der Waals surface area contributed by atoms with Crippen molar-refractivity contribution in [1.29, 1.82) is 0 Å². The number of aryl methyl sites for hydroxylation is 1. The molecule has 2 aromatic rings. The number of nitrogens with zero attached hydrogens (tertiary/aromatic N) is 2. The third kappa shape index (κ3) is 5.08.